The van der Waals surface area contributed by atoms with Crippen molar-refractivity contribution in [3.05, 3.63) is 0 Å². The second kappa shape index (κ2) is 3.81. The van der Waals surface area contributed by atoms with Crippen LogP contribution in [0.5, 0.6) is 0 Å². The summed E-state index contributed by atoms with van der Waals surface area (Å²) in [7, 11) is -2.82. The lowest BCUT2D eigenvalue weighted by atomic mass is 9.82. The molecule has 2 fully saturated rings. The van der Waals surface area contributed by atoms with E-state index in [1.54, 1.807) is 0 Å². The van der Waals surface area contributed by atoms with Gasteiger partial charge in [0.25, 0.3) is 0 Å². The number of hydrogen-bond donors (Lipinski definition) is 0. The Morgan fingerprint density at radius 1 is 1.38 bits per heavy atom. The van der Waals surface area contributed by atoms with E-state index in [2.05, 4.69) is 4.90 Å². The molecule has 0 saturated carbocycles. The van der Waals surface area contributed by atoms with Gasteiger partial charge in [0.15, 0.2) is 9.84 Å². The van der Waals surface area contributed by atoms with Crippen LogP contribution in [0.3, 0.4) is 0 Å². The molecule has 2 rings (SSSR count). The molecular formula is C11H19NO3S. The first-order valence-corrected chi connectivity index (χ1v) is 7.60. The van der Waals surface area contributed by atoms with Gasteiger partial charge in [-0.2, -0.15) is 0 Å². The molecule has 0 N–H and O–H groups in total. The molecule has 4 nitrogen and oxygen atoms in total. The van der Waals surface area contributed by atoms with Gasteiger partial charge in [0.05, 0.1) is 11.5 Å². The Balaban J connectivity index is 2.05. The van der Waals surface area contributed by atoms with Gasteiger partial charge in [0.1, 0.15) is 5.78 Å². The summed E-state index contributed by atoms with van der Waals surface area (Å²) in [4.78, 5) is 13.8. The normalized spacial score (nSPS) is 34.1. The fraction of sp³-hybridized carbons (Fsp3) is 0.909. The van der Waals surface area contributed by atoms with E-state index in [9.17, 15) is 13.2 Å². The van der Waals surface area contributed by atoms with Gasteiger partial charge in [0, 0.05) is 31.0 Å². The average molecular weight is 245 g/mol. The van der Waals surface area contributed by atoms with E-state index < -0.39 is 9.84 Å². The van der Waals surface area contributed by atoms with Gasteiger partial charge in [-0.25, -0.2) is 8.42 Å². The van der Waals surface area contributed by atoms with Crippen molar-refractivity contribution in [1.82, 2.24) is 4.90 Å². The van der Waals surface area contributed by atoms with Crippen molar-refractivity contribution in [2.45, 2.75) is 32.7 Å². The second-order valence-electron chi connectivity index (χ2n) is 5.58. The lowest BCUT2D eigenvalue weighted by molar-refractivity contribution is -0.132. The highest BCUT2D eigenvalue weighted by Crippen LogP contribution is 2.29. The number of nitrogens with zero attached hydrogens (tertiary/aromatic N) is 1. The largest absolute Gasteiger partial charge is 0.299 e. The zero-order valence-corrected chi connectivity index (χ0v) is 10.7. The number of carbonyl (C=O) groups excluding carboxylic acids is 1. The van der Waals surface area contributed by atoms with Gasteiger partial charge in [-0.05, 0) is 6.42 Å². The zero-order chi connectivity index (χ0) is 12.0. The third-order valence-electron chi connectivity index (χ3n) is 3.70. The standard InChI is InChI=1S/C11H19NO3S/c1-11(2)8-12(5-3-10(11)13)9-4-6-16(14,15)7-9/h9H,3-8H2,1-2H3. The summed E-state index contributed by atoms with van der Waals surface area (Å²) in [5.74, 6) is 0.879. The first-order valence-electron chi connectivity index (χ1n) is 5.78. The lowest BCUT2D eigenvalue weighted by Gasteiger charge is -2.39. The summed E-state index contributed by atoms with van der Waals surface area (Å²) in [6.45, 7) is 5.32. The van der Waals surface area contributed by atoms with E-state index in [1.807, 2.05) is 13.8 Å². The summed E-state index contributed by atoms with van der Waals surface area (Å²) in [6, 6.07) is 0.136. The fourth-order valence-corrected chi connectivity index (χ4v) is 4.40. The Bertz CT molecular complexity index is 399. The molecule has 0 radical (unpaired) electrons. The monoisotopic (exact) mass is 245 g/mol. The Morgan fingerprint density at radius 3 is 2.56 bits per heavy atom. The molecule has 5 heteroatoms. The van der Waals surface area contributed by atoms with E-state index >= 15 is 0 Å². The molecule has 0 aromatic carbocycles. The van der Waals surface area contributed by atoms with Crippen LogP contribution in [-0.2, 0) is 14.6 Å². The topological polar surface area (TPSA) is 54.5 Å². The molecule has 16 heavy (non-hydrogen) atoms. The van der Waals surface area contributed by atoms with Crippen LogP contribution in [-0.4, -0.2) is 49.7 Å². The molecule has 0 bridgehead atoms. The molecule has 0 amide bonds. The molecule has 0 aromatic heterocycles. The minimum Gasteiger partial charge on any atom is -0.299 e. The van der Waals surface area contributed by atoms with E-state index in [0.29, 0.717) is 24.5 Å². The summed E-state index contributed by atoms with van der Waals surface area (Å²) >= 11 is 0. The van der Waals surface area contributed by atoms with Gasteiger partial charge < -0.3 is 0 Å². The number of Topliss-reactive ketones (excluding diaryl/α,β-unsaturated/α-hetero) is 1. The highest BCUT2D eigenvalue weighted by molar-refractivity contribution is 7.91. The van der Waals surface area contributed by atoms with E-state index in [1.165, 1.54) is 0 Å². The Kier molecular flexibility index (Phi) is 2.87. The SMILES string of the molecule is CC1(C)CN(C2CCS(=O)(=O)C2)CCC1=O. The third-order valence-corrected chi connectivity index (χ3v) is 5.45. The number of sulfone groups is 1. The van der Waals surface area contributed by atoms with Crippen LogP contribution in [0.4, 0.5) is 0 Å². The van der Waals surface area contributed by atoms with E-state index in [4.69, 9.17) is 0 Å². The van der Waals surface area contributed by atoms with Crippen molar-refractivity contribution >= 4 is 15.6 Å². The Labute approximate surface area is 96.9 Å². The van der Waals surface area contributed by atoms with Gasteiger partial charge >= 0.3 is 0 Å². The maximum Gasteiger partial charge on any atom is 0.151 e. The van der Waals surface area contributed by atoms with Crippen LogP contribution < -0.4 is 0 Å². The van der Waals surface area contributed by atoms with E-state index in [0.717, 1.165) is 13.0 Å². The first kappa shape index (κ1) is 12.0. The molecule has 2 saturated heterocycles. The van der Waals surface area contributed by atoms with Crippen LogP contribution in [0.25, 0.3) is 0 Å². The summed E-state index contributed by atoms with van der Waals surface area (Å²) in [5, 5.41) is 0. The summed E-state index contributed by atoms with van der Waals surface area (Å²) in [6.07, 6.45) is 1.29. The molecular weight excluding hydrogens is 226 g/mol. The van der Waals surface area contributed by atoms with Crippen molar-refractivity contribution in [2.75, 3.05) is 24.6 Å². The predicted octanol–water partition coefficient (Wildman–Crippen LogP) is 0.474. The minimum atomic E-state index is -2.82. The molecule has 0 spiro atoms. The van der Waals surface area contributed by atoms with E-state index in [-0.39, 0.29) is 17.2 Å². The highest BCUT2D eigenvalue weighted by Gasteiger charge is 2.40. The molecule has 92 valence electrons. The lowest BCUT2D eigenvalue weighted by Crippen LogP contribution is -2.50. The number of piperidine rings is 1. The van der Waals surface area contributed by atoms with Crippen molar-refractivity contribution in [1.29, 1.82) is 0 Å². The zero-order valence-electron chi connectivity index (χ0n) is 9.90. The van der Waals surface area contributed by atoms with Crippen LogP contribution in [0.2, 0.25) is 0 Å². The highest BCUT2D eigenvalue weighted by atomic mass is 32.2. The second-order valence-corrected chi connectivity index (χ2v) is 7.81. The summed E-state index contributed by atoms with van der Waals surface area (Å²) < 4.78 is 22.8. The number of ketones is 1. The first-order chi connectivity index (χ1) is 7.30. The van der Waals surface area contributed by atoms with Gasteiger partial charge in [-0.1, -0.05) is 13.8 Å². The van der Waals surface area contributed by atoms with Crippen molar-refractivity contribution in [2.24, 2.45) is 5.41 Å². The van der Waals surface area contributed by atoms with Crippen molar-refractivity contribution in [3.8, 4) is 0 Å². The predicted molar refractivity (Wildman–Crippen MR) is 62.0 cm³/mol. The molecule has 1 atom stereocenters. The van der Waals surface area contributed by atoms with Crippen LogP contribution in [0, 0.1) is 5.41 Å². The van der Waals surface area contributed by atoms with Crippen LogP contribution in [0.1, 0.15) is 26.7 Å². The van der Waals surface area contributed by atoms with Gasteiger partial charge in [-0.15, -0.1) is 0 Å². The third kappa shape index (κ3) is 2.30. The van der Waals surface area contributed by atoms with Gasteiger partial charge in [-0.3, -0.25) is 9.69 Å². The number of likely N-dealkylation sites (tertiary alicyclic amines) is 1. The minimum absolute atomic E-state index is 0.136. The quantitative estimate of drug-likeness (QED) is 0.674. The van der Waals surface area contributed by atoms with Crippen molar-refractivity contribution in [3.63, 3.8) is 0 Å². The molecule has 2 aliphatic rings. The van der Waals surface area contributed by atoms with Gasteiger partial charge in [0.2, 0.25) is 0 Å². The Morgan fingerprint density at radius 2 is 2.06 bits per heavy atom. The summed E-state index contributed by atoms with van der Waals surface area (Å²) in [5.41, 5.74) is -0.315. The molecule has 1 unspecified atom stereocenters. The Hall–Kier alpha value is -0.420. The van der Waals surface area contributed by atoms with Crippen LogP contribution >= 0.6 is 0 Å². The average Bonchev–Trinajstić information content (AvgIpc) is 2.51. The number of rotatable bonds is 1. The maximum atomic E-state index is 11.7. The number of carbonyl (C=O) groups is 1. The fourth-order valence-electron chi connectivity index (χ4n) is 2.63. The maximum absolute atomic E-state index is 11.7. The number of hydrogen-bond acceptors (Lipinski definition) is 4. The van der Waals surface area contributed by atoms with Crippen LogP contribution in [0.15, 0.2) is 0 Å². The molecule has 0 aliphatic carbocycles. The smallest absolute Gasteiger partial charge is 0.151 e. The molecule has 2 aliphatic heterocycles. The molecule has 2 heterocycles. The van der Waals surface area contributed by atoms with Crippen molar-refractivity contribution < 1.29 is 13.2 Å². The molecule has 0 aromatic rings.